The van der Waals surface area contributed by atoms with E-state index in [4.69, 9.17) is 9.47 Å². The zero-order valence-corrected chi connectivity index (χ0v) is 14.8. The van der Waals surface area contributed by atoms with Crippen molar-refractivity contribution in [1.82, 2.24) is 5.32 Å². The Balaban J connectivity index is 2.37. The van der Waals surface area contributed by atoms with Crippen LogP contribution < -0.4 is 14.8 Å². The van der Waals surface area contributed by atoms with Crippen LogP contribution in [0.3, 0.4) is 0 Å². The van der Waals surface area contributed by atoms with E-state index in [9.17, 15) is 0 Å². The van der Waals surface area contributed by atoms with Gasteiger partial charge in [0.25, 0.3) is 0 Å². The zero-order chi connectivity index (χ0) is 15.2. The van der Waals surface area contributed by atoms with E-state index >= 15 is 0 Å². The van der Waals surface area contributed by atoms with E-state index in [1.807, 2.05) is 0 Å². The summed E-state index contributed by atoms with van der Waals surface area (Å²) in [5, 5.41) is 3.64. The van der Waals surface area contributed by atoms with Crippen molar-refractivity contribution in [3.63, 3.8) is 0 Å². The predicted octanol–water partition coefficient (Wildman–Crippen LogP) is 4.70. The molecule has 0 saturated carbocycles. The van der Waals surface area contributed by atoms with Gasteiger partial charge < -0.3 is 14.8 Å². The average Bonchev–Trinajstić information content (AvgIpc) is 2.71. The molecule has 1 heterocycles. The fraction of sp³-hybridized carbons (Fsp3) is 0.647. The first kappa shape index (κ1) is 16.6. The lowest BCUT2D eigenvalue weighted by Gasteiger charge is -2.28. The van der Waals surface area contributed by atoms with Crippen LogP contribution >= 0.6 is 15.9 Å². The third-order valence-corrected chi connectivity index (χ3v) is 4.83. The molecule has 0 aromatic heterocycles. The van der Waals surface area contributed by atoms with E-state index in [1.54, 1.807) is 0 Å². The molecule has 0 spiro atoms. The number of hydrogen-bond acceptors (Lipinski definition) is 3. The number of fused-ring (bicyclic) bond motifs is 1. The standard InChI is InChI=1S/C17H26BrNO2/c1-4-12(5-2)17(19-6-3)13-10-15-16(11-14(13)18)21-9-7-8-20-15/h10-12,17,19H,4-9H2,1-3H3. The average molecular weight is 356 g/mol. The van der Waals surface area contributed by atoms with Crippen LogP contribution in [0.25, 0.3) is 0 Å². The highest BCUT2D eigenvalue weighted by Crippen LogP contribution is 2.40. The van der Waals surface area contributed by atoms with Crippen LogP contribution in [0.15, 0.2) is 16.6 Å². The zero-order valence-electron chi connectivity index (χ0n) is 13.2. The van der Waals surface area contributed by atoms with Crippen molar-refractivity contribution in [2.45, 2.75) is 46.1 Å². The number of rotatable bonds is 6. The molecule has 1 N–H and O–H groups in total. The Kier molecular flexibility index (Phi) is 6.37. The lowest BCUT2D eigenvalue weighted by atomic mass is 9.88. The summed E-state index contributed by atoms with van der Waals surface area (Å²) in [4.78, 5) is 0. The van der Waals surface area contributed by atoms with Gasteiger partial charge in [0.1, 0.15) is 0 Å². The normalized spacial score (nSPS) is 15.9. The topological polar surface area (TPSA) is 30.5 Å². The van der Waals surface area contributed by atoms with Crippen molar-refractivity contribution in [3.8, 4) is 11.5 Å². The van der Waals surface area contributed by atoms with Gasteiger partial charge in [-0.25, -0.2) is 0 Å². The smallest absolute Gasteiger partial charge is 0.162 e. The molecule has 0 amide bonds. The summed E-state index contributed by atoms with van der Waals surface area (Å²) in [6, 6.07) is 4.55. The molecule has 0 saturated heterocycles. The summed E-state index contributed by atoms with van der Waals surface area (Å²) in [5.74, 6) is 2.34. The molecule has 0 aliphatic carbocycles. The Morgan fingerprint density at radius 1 is 1.10 bits per heavy atom. The van der Waals surface area contributed by atoms with Crippen LogP contribution in [-0.4, -0.2) is 19.8 Å². The van der Waals surface area contributed by atoms with Crippen molar-refractivity contribution in [2.75, 3.05) is 19.8 Å². The minimum absolute atomic E-state index is 0.344. The molecule has 4 heteroatoms. The van der Waals surface area contributed by atoms with Crippen LogP contribution in [0.4, 0.5) is 0 Å². The van der Waals surface area contributed by atoms with Gasteiger partial charge in [-0.3, -0.25) is 0 Å². The molecule has 1 aliphatic rings. The second kappa shape index (κ2) is 8.04. The van der Waals surface area contributed by atoms with Crippen molar-refractivity contribution in [3.05, 3.63) is 22.2 Å². The van der Waals surface area contributed by atoms with Crippen LogP contribution in [0.5, 0.6) is 11.5 Å². The van der Waals surface area contributed by atoms with Gasteiger partial charge in [0, 0.05) is 16.9 Å². The van der Waals surface area contributed by atoms with E-state index < -0.39 is 0 Å². The fourth-order valence-electron chi connectivity index (χ4n) is 2.95. The third kappa shape index (κ3) is 3.92. The Morgan fingerprint density at radius 3 is 2.29 bits per heavy atom. The van der Waals surface area contributed by atoms with Gasteiger partial charge in [0.15, 0.2) is 11.5 Å². The SMILES string of the molecule is CCNC(c1cc2c(cc1Br)OCCCO2)C(CC)CC. The van der Waals surface area contributed by atoms with Gasteiger partial charge in [-0.15, -0.1) is 0 Å². The van der Waals surface area contributed by atoms with Gasteiger partial charge in [0.05, 0.1) is 13.2 Å². The Hall–Kier alpha value is -0.740. The largest absolute Gasteiger partial charge is 0.490 e. The van der Waals surface area contributed by atoms with Gasteiger partial charge in [-0.2, -0.15) is 0 Å². The second-order valence-electron chi connectivity index (χ2n) is 5.48. The lowest BCUT2D eigenvalue weighted by molar-refractivity contribution is 0.296. The van der Waals surface area contributed by atoms with Gasteiger partial charge in [0.2, 0.25) is 0 Å². The van der Waals surface area contributed by atoms with E-state index in [1.165, 1.54) is 5.56 Å². The van der Waals surface area contributed by atoms with Crippen molar-refractivity contribution >= 4 is 15.9 Å². The maximum atomic E-state index is 5.85. The first-order valence-corrected chi connectivity index (χ1v) is 8.82. The van der Waals surface area contributed by atoms with Gasteiger partial charge in [-0.1, -0.05) is 49.5 Å². The fourth-order valence-corrected chi connectivity index (χ4v) is 3.52. The summed E-state index contributed by atoms with van der Waals surface area (Å²) in [7, 11) is 0. The minimum Gasteiger partial charge on any atom is -0.490 e. The molecule has 2 rings (SSSR count). The van der Waals surface area contributed by atoms with Crippen LogP contribution in [0.1, 0.15) is 51.6 Å². The molecule has 1 aromatic rings. The lowest BCUT2D eigenvalue weighted by Crippen LogP contribution is -2.28. The highest BCUT2D eigenvalue weighted by Gasteiger charge is 2.24. The predicted molar refractivity (Wildman–Crippen MR) is 90.2 cm³/mol. The van der Waals surface area contributed by atoms with Crippen molar-refractivity contribution in [1.29, 1.82) is 0 Å². The summed E-state index contributed by atoms with van der Waals surface area (Å²) in [6.45, 7) is 9.09. The maximum absolute atomic E-state index is 5.85. The monoisotopic (exact) mass is 355 g/mol. The highest BCUT2D eigenvalue weighted by atomic mass is 79.9. The first-order chi connectivity index (χ1) is 10.2. The summed E-state index contributed by atoms with van der Waals surface area (Å²) in [6.07, 6.45) is 3.26. The number of ether oxygens (including phenoxy) is 2. The Labute approximate surface area is 136 Å². The minimum atomic E-state index is 0.344. The quantitative estimate of drug-likeness (QED) is 0.802. The summed E-state index contributed by atoms with van der Waals surface area (Å²) in [5.41, 5.74) is 1.27. The molecule has 1 aromatic carbocycles. The number of nitrogens with one attached hydrogen (secondary N) is 1. The number of hydrogen-bond donors (Lipinski definition) is 1. The molecular formula is C17H26BrNO2. The molecule has 3 nitrogen and oxygen atoms in total. The molecule has 1 aliphatic heterocycles. The van der Waals surface area contributed by atoms with Crippen LogP contribution in [-0.2, 0) is 0 Å². The number of halogens is 1. The molecule has 0 radical (unpaired) electrons. The van der Waals surface area contributed by atoms with E-state index in [2.05, 4.69) is 54.2 Å². The second-order valence-corrected chi connectivity index (χ2v) is 6.34. The van der Waals surface area contributed by atoms with Gasteiger partial charge in [-0.05, 0) is 30.2 Å². The molecular weight excluding hydrogens is 330 g/mol. The maximum Gasteiger partial charge on any atom is 0.162 e. The van der Waals surface area contributed by atoms with Crippen LogP contribution in [0.2, 0.25) is 0 Å². The number of benzene rings is 1. The van der Waals surface area contributed by atoms with E-state index in [0.717, 1.165) is 55.0 Å². The summed E-state index contributed by atoms with van der Waals surface area (Å²) < 4.78 is 12.7. The van der Waals surface area contributed by atoms with Crippen LogP contribution in [0, 0.1) is 5.92 Å². The van der Waals surface area contributed by atoms with E-state index in [-0.39, 0.29) is 0 Å². The van der Waals surface area contributed by atoms with Crippen molar-refractivity contribution in [2.24, 2.45) is 5.92 Å². The molecule has 1 atom stereocenters. The molecule has 1 unspecified atom stereocenters. The van der Waals surface area contributed by atoms with Crippen molar-refractivity contribution < 1.29 is 9.47 Å². The molecule has 0 bridgehead atoms. The van der Waals surface area contributed by atoms with E-state index in [0.29, 0.717) is 12.0 Å². The molecule has 21 heavy (non-hydrogen) atoms. The summed E-state index contributed by atoms with van der Waals surface area (Å²) >= 11 is 3.72. The molecule has 118 valence electrons. The first-order valence-electron chi connectivity index (χ1n) is 8.03. The highest BCUT2D eigenvalue weighted by molar-refractivity contribution is 9.10. The van der Waals surface area contributed by atoms with Gasteiger partial charge >= 0.3 is 0 Å². The Morgan fingerprint density at radius 2 is 1.71 bits per heavy atom. The Bertz CT molecular complexity index is 460. The molecule has 0 fully saturated rings. The third-order valence-electron chi connectivity index (χ3n) is 4.15.